The smallest absolute Gasteiger partial charge is 0.204 e. The lowest BCUT2D eigenvalue weighted by Crippen LogP contribution is -2.41. The van der Waals surface area contributed by atoms with E-state index in [1.54, 1.807) is 12.5 Å². The standard InChI is InChI=1S/C20H24ClN7OS/c1-12-9-20(10-29-12)4-7-27(8-5-20)17-18-26-24-11-28(18)19(13(2)25-17)30-14-3-6-23-16(22)15(14)21/h3,6,11-12H,4-5,7-10H2,1-2H3,(H2,22,23)/t12-/m0/s1. The molecule has 0 aromatic carbocycles. The van der Waals surface area contributed by atoms with Crippen molar-refractivity contribution in [1.29, 1.82) is 0 Å². The minimum atomic E-state index is 0.316. The summed E-state index contributed by atoms with van der Waals surface area (Å²) in [6.07, 6.45) is 7.12. The summed E-state index contributed by atoms with van der Waals surface area (Å²) in [4.78, 5) is 12.1. The van der Waals surface area contributed by atoms with Crippen LogP contribution in [0.25, 0.3) is 5.65 Å². The lowest BCUT2D eigenvalue weighted by molar-refractivity contribution is 0.0976. The zero-order chi connectivity index (χ0) is 20.9. The zero-order valence-corrected chi connectivity index (χ0v) is 18.6. The molecule has 2 aliphatic heterocycles. The first-order chi connectivity index (χ1) is 14.5. The highest BCUT2D eigenvalue weighted by Crippen LogP contribution is 2.43. The van der Waals surface area contributed by atoms with E-state index in [1.807, 2.05) is 17.4 Å². The predicted octanol–water partition coefficient (Wildman–Crippen LogP) is 3.61. The fourth-order valence-electron chi connectivity index (χ4n) is 4.51. The molecular weight excluding hydrogens is 422 g/mol. The van der Waals surface area contributed by atoms with Crippen molar-refractivity contribution in [3.05, 3.63) is 29.3 Å². The van der Waals surface area contributed by atoms with E-state index < -0.39 is 0 Å². The molecule has 0 amide bonds. The highest BCUT2D eigenvalue weighted by Gasteiger charge is 2.41. The maximum Gasteiger partial charge on any atom is 0.204 e. The molecule has 0 bridgehead atoms. The highest BCUT2D eigenvalue weighted by molar-refractivity contribution is 7.99. The fourth-order valence-corrected chi connectivity index (χ4v) is 5.70. The van der Waals surface area contributed by atoms with Gasteiger partial charge in [0.25, 0.3) is 0 Å². The quantitative estimate of drug-likeness (QED) is 0.653. The molecule has 1 atom stereocenters. The summed E-state index contributed by atoms with van der Waals surface area (Å²) in [5, 5.41) is 9.90. The van der Waals surface area contributed by atoms with Crippen LogP contribution in [-0.2, 0) is 4.74 Å². The van der Waals surface area contributed by atoms with Gasteiger partial charge in [0.05, 0.1) is 23.4 Å². The third-order valence-corrected chi connectivity index (χ3v) is 7.91. The number of fused-ring (bicyclic) bond motifs is 1. The number of pyridine rings is 1. The fraction of sp³-hybridized carbons (Fsp3) is 0.500. The van der Waals surface area contributed by atoms with Crippen molar-refractivity contribution >= 4 is 40.6 Å². The minimum absolute atomic E-state index is 0.316. The molecule has 2 aliphatic rings. The maximum atomic E-state index is 6.36. The third-order valence-electron chi connectivity index (χ3n) is 6.16. The molecule has 3 aromatic heterocycles. The Hall–Kier alpha value is -2.10. The summed E-state index contributed by atoms with van der Waals surface area (Å²) in [5.74, 6) is 1.20. The van der Waals surface area contributed by atoms with Gasteiger partial charge >= 0.3 is 0 Å². The molecule has 8 nitrogen and oxygen atoms in total. The van der Waals surface area contributed by atoms with Crippen molar-refractivity contribution in [3.8, 4) is 0 Å². The van der Waals surface area contributed by atoms with Crippen LogP contribution in [0, 0.1) is 12.3 Å². The Morgan fingerprint density at radius 1 is 1.33 bits per heavy atom. The Balaban J connectivity index is 1.45. The monoisotopic (exact) mass is 445 g/mol. The van der Waals surface area contributed by atoms with Gasteiger partial charge in [0.1, 0.15) is 17.2 Å². The lowest BCUT2D eigenvalue weighted by atomic mass is 9.77. The number of hydrogen-bond acceptors (Lipinski definition) is 8. The van der Waals surface area contributed by atoms with Crippen molar-refractivity contribution in [2.45, 2.75) is 49.1 Å². The average Bonchev–Trinajstić information content (AvgIpc) is 3.35. The van der Waals surface area contributed by atoms with Gasteiger partial charge in [0.2, 0.25) is 5.65 Å². The number of hydrogen-bond donors (Lipinski definition) is 1. The van der Waals surface area contributed by atoms with Gasteiger partial charge in [0.15, 0.2) is 5.82 Å². The Morgan fingerprint density at radius 3 is 2.87 bits per heavy atom. The molecule has 2 fully saturated rings. The van der Waals surface area contributed by atoms with Gasteiger partial charge in [-0.05, 0) is 44.6 Å². The zero-order valence-electron chi connectivity index (χ0n) is 17.0. The van der Waals surface area contributed by atoms with Crippen molar-refractivity contribution < 1.29 is 4.74 Å². The minimum Gasteiger partial charge on any atom is -0.382 e. The van der Waals surface area contributed by atoms with Crippen LogP contribution in [-0.4, -0.2) is 50.4 Å². The summed E-state index contributed by atoms with van der Waals surface area (Å²) >= 11 is 7.85. The third kappa shape index (κ3) is 3.38. The number of nitrogens with zero attached hydrogens (tertiary/aromatic N) is 6. The number of aryl methyl sites for hydroxylation is 1. The molecule has 30 heavy (non-hydrogen) atoms. The summed E-state index contributed by atoms with van der Waals surface area (Å²) in [5.41, 5.74) is 7.84. The summed E-state index contributed by atoms with van der Waals surface area (Å²) in [6.45, 7) is 6.95. The normalized spacial score (nSPS) is 21.0. The van der Waals surface area contributed by atoms with Crippen LogP contribution in [0.3, 0.4) is 0 Å². The van der Waals surface area contributed by atoms with Crippen molar-refractivity contribution in [1.82, 2.24) is 24.6 Å². The van der Waals surface area contributed by atoms with Crippen LogP contribution < -0.4 is 10.6 Å². The van der Waals surface area contributed by atoms with E-state index in [9.17, 15) is 0 Å². The van der Waals surface area contributed by atoms with Gasteiger partial charge in [-0.25, -0.2) is 9.97 Å². The van der Waals surface area contributed by atoms with E-state index >= 15 is 0 Å². The first-order valence-corrected chi connectivity index (χ1v) is 11.3. The first-order valence-electron chi connectivity index (χ1n) is 10.1. The second kappa shape index (κ2) is 7.55. The molecular formula is C20H24ClN7OS. The molecule has 2 N–H and O–H groups in total. The lowest BCUT2D eigenvalue weighted by Gasteiger charge is -2.39. The SMILES string of the molecule is Cc1nc(N2CCC3(CC2)CO[C@@H](C)C3)c2nncn2c1Sc1ccnc(N)c1Cl. The number of aromatic nitrogens is 5. The van der Waals surface area contributed by atoms with E-state index in [0.717, 1.165) is 66.0 Å². The van der Waals surface area contributed by atoms with E-state index in [4.69, 9.17) is 27.1 Å². The molecule has 1 spiro atoms. The maximum absolute atomic E-state index is 6.36. The second-order valence-electron chi connectivity index (χ2n) is 8.27. The van der Waals surface area contributed by atoms with Crippen LogP contribution in [0.4, 0.5) is 11.6 Å². The van der Waals surface area contributed by atoms with Crippen LogP contribution in [0.5, 0.6) is 0 Å². The second-order valence-corrected chi connectivity index (χ2v) is 9.68. The summed E-state index contributed by atoms with van der Waals surface area (Å²) in [7, 11) is 0. The average molecular weight is 446 g/mol. The molecule has 10 heteroatoms. The Labute approximate surface area is 184 Å². The molecule has 0 radical (unpaired) electrons. The number of nitrogens with two attached hydrogens (primary N) is 1. The summed E-state index contributed by atoms with van der Waals surface area (Å²) < 4.78 is 7.85. The van der Waals surface area contributed by atoms with Gasteiger partial charge in [-0.1, -0.05) is 23.4 Å². The molecule has 3 aromatic rings. The van der Waals surface area contributed by atoms with Crippen LogP contribution in [0.15, 0.2) is 28.5 Å². The number of nitrogen functional groups attached to an aromatic ring is 1. The van der Waals surface area contributed by atoms with Crippen LogP contribution in [0.1, 0.15) is 31.9 Å². The topological polar surface area (TPSA) is 94.5 Å². The molecule has 158 valence electrons. The van der Waals surface area contributed by atoms with E-state index in [2.05, 4.69) is 27.0 Å². The van der Waals surface area contributed by atoms with Crippen LogP contribution >= 0.6 is 23.4 Å². The molecule has 2 saturated heterocycles. The van der Waals surface area contributed by atoms with Crippen LogP contribution in [0.2, 0.25) is 5.02 Å². The number of ether oxygens (including phenoxy) is 1. The number of anilines is 2. The number of piperidine rings is 1. The van der Waals surface area contributed by atoms with Crippen molar-refractivity contribution in [2.75, 3.05) is 30.3 Å². The van der Waals surface area contributed by atoms with Gasteiger partial charge in [0, 0.05) is 24.2 Å². The highest BCUT2D eigenvalue weighted by atomic mass is 35.5. The Morgan fingerprint density at radius 2 is 2.13 bits per heavy atom. The Bertz CT molecular complexity index is 1100. The van der Waals surface area contributed by atoms with Crippen molar-refractivity contribution in [3.63, 3.8) is 0 Å². The molecule has 0 unspecified atom stereocenters. The van der Waals surface area contributed by atoms with Gasteiger partial charge in [-0.3, -0.25) is 4.40 Å². The van der Waals surface area contributed by atoms with Crippen molar-refractivity contribution in [2.24, 2.45) is 5.41 Å². The molecule has 5 heterocycles. The largest absolute Gasteiger partial charge is 0.382 e. The molecule has 0 saturated carbocycles. The van der Waals surface area contributed by atoms with E-state index in [1.165, 1.54) is 11.8 Å². The first kappa shape index (κ1) is 19.8. The number of rotatable bonds is 3. The van der Waals surface area contributed by atoms with E-state index in [-0.39, 0.29) is 0 Å². The number of halogens is 1. The Kier molecular flexibility index (Phi) is 4.99. The molecule has 5 rings (SSSR count). The predicted molar refractivity (Wildman–Crippen MR) is 117 cm³/mol. The summed E-state index contributed by atoms with van der Waals surface area (Å²) in [6, 6.07) is 1.85. The molecule has 0 aliphatic carbocycles. The van der Waals surface area contributed by atoms with Gasteiger partial charge in [-0.15, -0.1) is 10.2 Å². The van der Waals surface area contributed by atoms with Gasteiger partial charge in [-0.2, -0.15) is 0 Å². The van der Waals surface area contributed by atoms with E-state index in [0.29, 0.717) is 22.4 Å². The van der Waals surface area contributed by atoms with Gasteiger partial charge < -0.3 is 15.4 Å².